The van der Waals surface area contributed by atoms with Gasteiger partial charge in [0.05, 0.1) is 15.2 Å². The van der Waals surface area contributed by atoms with Gasteiger partial charge in [0.15, 0.2) is 5.82 Å². The number of halogens is 1. The lowest BCUT2D eigenvalue weighted by Crippen LogP contribution is -2.01. The van der Waals surface area contributed by atoms with Crippen molar-refractivity contribution in [2.45, 2.75) is 18.8 Å². The smallest absolute Gasteiger partial charge is 0.175 e. The molecule has 5 aromatic rings. The van der Waals surface area contributed by atoms with Crippen LogP contribution in [0.4, 0.5) is 15.9 Å². The van der Waals surface area contributed by atoms with E-state index in [0.29, 0.717) is 22.7 Å². The van der Waals surface area contributed by atoms with Gasteiger partial charge in [0.25, 0.3) is 0 Å². The van der Waals surface area contributed by atoms with Gasteiger partial charge in [-0.05, 0) is 55.3 Å². The van der Waals surface area contributed by atoms with Gasteiger partial charge in [0.1, 0.15) is 17.0 Å². The van der Waals surface area contributed by atoms with E-state index in [4.69, 9.17) is 4.98 Å². The van der Waals surface area contributed by atoms with Gasteiger partial charge in [-0.1, -0.05) is 0 Å². The van der Waals surface area contributed by atoms with E-state index >= 15 is 4.39 Å². The van der Waals surface area contributed by atoms with Crippen molar-refractivity contribution in [3.05, 3.63) is 71.9 Å². The number of nitrogens with zero attached hydrogens (tertiary/aromatic N) is 4. The minimum Gasteiger partial charge on any atom is -0.340 e. The van der Waals surface area contributed by atoms with Crippen LogP contribution in [0.3, 0.4) is 0 Å². The molecule has 0 spiro atoms. The van der Waals surface area contributed by atoms with Crippen LogP contribution in [0, 0.1) is 5.82 Å². The zero-order valence-electron chi connectivity index (χ0n) is 15.8. The predicted octanol–water partition coefficient (Wildman–Crippen LogP) is 6.06. The second-order valence-electron chi connectivity index (χ2n) is 7.39. The molecule has 1 fully saturated rings. The summed E-state index contributed by atoms with van der Waals surface area (Å²) < 4.78 is 16.3. The maximum Gasteiger partial charge on any atom is 0.175 e. The molecule has 1 saturated carbocycles. The molecule has 0 aliphatic heterocycles. The summed E-state index contributed by atoms with van der Waals surface area (Å²) in [5.74, 6) is 0.766. The van der Waals surface area contributed by atoms with Crippen molar-refractivity contribution in [3.8, 4) is 11.3 Å². The molecule has 0 saturated heterocycles. The molecule has 30 heavy (non-hydrogen) atoms. The van der Waals surface area contributed by atoms with E-state index in [2.05, 4.69) is 26.3 Å². The Morgan fingerprint density at radius 3 is 2.70 bits per heavy atom. The first kappa shape index (κ1) is 17.4. The van der Waals surface area contributed by atoms with E-state index < -0.39 is 5.82 Å². The number of aromatic nitrogens is 4. The molecular weight excluding hydrogens is 397 g/mol. The van der Waals surface area contributed by atoms with Crippen LogP contribution >= 0.6 is 11.3 Å². The molecule has 4 heterocycles. The van der Waals surface area contributed by atoms with Crippen LogP contribution in [-0.2, 0) is 0 Å². The molecule has 1 aromatic carbocycles. The normalized spacial score (nSPS) is 13.8. The van der Waals surface area contributed by atoms with Gasteiger partial charge < -0.3 is 5.32 Å². The Kier molecular flexibility index (Phi) is 3.95. The van der Waals surface area contributed by atoms with Crippen molar-refractivity contribution in [1.29, 1.82) is 0 Å². The van der Waals surface area contributed by atoms with E-state index in [-0.39, 0.29) is 11.2 Å². The highest BCUT2D eigenvalue weighted by molar-refractivity contribution is 7.18. The van der Waals surface area contributed by atoms with E-state index in [1.54, 1.807) is 48.1 Å². The molecule has 6 rings (SSSR count). The van der Waals surface area contributed by atoms with Gasteiger partial charge >= 0.3 is 0 Å². The molecule has 1 N–H and O–H groups in total. The maximum atomic E-state index is 15.2. The van der Waals surface area contributed by atoms with E-state index in [1.807, 2.05) is 18.2 Å². The average Bonchev–Trinajstić information content (AvgIpc) is 3.55. The highest BCUT2D eigenvalue weighted by atomic mass is 32.1. The quantitative estimate of drug-likeness (QED) is 0.388. The summed E-state index contributed by atoms with van der Waals surface area (Å²) in [4.78, 5) is 17.7. The molecule has 0 radical (unpaired) electrons. The summed E-state index contributed by atoms with van der Waals surface area (Å²) in [7, 11) is 0. The first-order valence-corrected chi connectivity index (χ1v) is 10.6. The molecule has 0 unspecified atom stereocenters. The number of anilines is 2. The summed E-state index contributed by atoms with van der Waals surface area (Å²) in [6.45, 7) is 0. The van der Waals surface area contributed by atoms with Gasteiger partial charge in [0.2, 0.25) is 0 Å². The fourth-order valence-corrected chi connectivity index (χ4v) is 4.74. The topological polar surface area (TPSA) is 63.6 Å². The Balaban J connectivity index is 1.47. The fourth-order valence-electron chi connectivity index (χ4n) is 3.56. The van der Waals surface area contributed by atoms with Crippen LogP contribution in [0.5, 0.6) is 0 Å². The Labute approximate surface area is 175 Å². The summed E-state index contributed by atoms with van der Waals surface area (Å²) in [5, 5.41) is 5.23. The van der Waals surface area contributed by atoms with E-state index in [0.717, 1.165) is 15.9 Å². The molecular formula is C23H16FN5S. The first-order chi connectivity index (χ1) is 14.8. The molecule has 5 nitrogen and oxygen atoms in total. The van der Waals surface area contributed by atoms with Crippen molar-refractivity contribution in [3.63, 3.8) is 0 Å². The van der Waals surface area contributed by atoms with Crippen LogP contribution in [0.2, 0.25) is 0 Å². The Morgan fingerprint density at radius 1 is 1.00 bits per heavy atom. The van der Waals surface area contributed by atoms with Crippen LogP contribution < -0.4 is 5.32 Å². The van der Waals surface area contributed by atoms with E-state index in [9.17, 15) is 0 Å². The number of pyridine rings is 3. The van der Waals surface area contributed by atoms with Crippen LogP contribution in [0.1, 0.15) is 23.8 Å². The predicted molar refractivity (Wildman–Crippen MR) is 118 cm³/mol. The molecule has 4 aromatic heterocycles. The van der Waals surface area contributed by atoms with Gasteiger partial charge in [-0.2, -0.15) is 0 Å². The Morgan fingerprint density at radius 2 is 1.87 bits per heavy atom. The number of hydrogen-bond donors (Lipinski definition) is 1. The van der Waals surface area contributed by atoms with Gasteiger partial charge in [-0.25, -0.2) is 14.4 Å². The minimum absolute atomic E-state index is 0.251. The molecule has 7 heteroatoms. The third-order valence-corrected chi connectivity index (χ3v) is 6.43. The number of rotatable bonds is 4. The van der Waals surface area contributed by atoms with E-state index in [1.165, 1.54) is 17.8 Å². The number of hydrogen-bond acceptors (Lipinski definition) is 6. The summed E-state index contributed by atoms with van der Waals surface area (Å²) in [5.41, 5.74) is 3.10. The molecule has 1 aliphatic carbocycles. The SMILES string of the molecule is Fc1c(-c2ccncc2)nc(Nc2ccc3nc(C4CC4)sc3c2)c2cccnc12. The van der Waals surface area contributed by atoms with Gasteiger partial charge in [-0.3, -0.25) is 9.97 Å². The van der Waals surface area contributed by atoms with Crippen LogP contribution in [0.15, 0.2) is 61.1 Å². The maximum absolute atomic E-state index is 15.2. The Bertz CT molecular complexity index is 1400. The lowest BCUT2D eigenvalue weighted by atomic mass is 10.1. The van der Waals surface area contributed by atoms with Gasteiger partial charge in [0, 0.05) is 41.1 Å². The standard InChI is InChI=1S/C23H16FN5S/c24-19-20(13-7-10-25-11-8-13)29-22(16-2-1-9-26-21(16)19)27-15-5-6-17-18(12-15)30-23(28-17)14-3-4-14/h1-2,5-12,14H,3-4H2,(H,27,29). The van der Waals surface area contributed by atoms with Crippen LogP contribution in [-0.4, -0.2) is 19.9 Å². The second-order valence-corrected chi connectivity index (χ2v) is 8.45. The third-order valence-electron chi connectivity index (χ3n) is 5.25. The number of thiazole rings is 1. The zero-order chi connectivity index (χ0) is 20.1. The minimum atomic E-state index is -0.436. The highest BCUT2D eigenvalue weighted by Crippen LogP contribution is 2.43. The number of fused-ring (bicyclic) bond motifs is 2. The molecule has 0 atom stereocenters. The lowest BCUT2D eigenvalue weighted by Gasteiger charge is -2.12. The molecule has 146 valence electrons. The lowest BCUT2D eigenvalue weighted by molar-refractivity contribution is 0.635. The monoisotopic (exact) mass is 413 g/mol. The third kappa shape index (κ3) is 2.98. The van der Waals surface area contributed by atoms with Crippen molar-refractivity contribution >= 4 is 44.0 Å². The summed E-state index contributed by atoms with van der Waals surface area (Å²) in [6.07, 6.45) is 7.32. The Hall–Kier alpha value is -3.45. The molecule has 0 amide bonds. The van der Waals surface area contributed by atoms with Crippen molar-refractivity contribution in [1.82, 2.24) is 19.9 Å². The van der Waals surface area contributed by atoms with Crippen molar-refractivity contribution < 1.29 is 4.39 Å². The first-order valence-electron chi connectivity index (χ1n) is 9.78. The fraction of sp³-hybridized carbons (Fsp3) is 0.130. The van der Waals surface area contributed by atoms with Crippen molar-refractivity contribution in [2.75, 3.05) is 5.32 Å². The molecule has 1 aliphatic rings. The van der Waals surface area contributed by atoms with Gasteiger partial charge in [-0.15, -0.1) is 11.3 Å². The van der Waals surface area contributed by atoms with Crippen molar-refractivity contribution in [2.24, 2.45) is 0 Å². The largest absolute Gasteiger partial charge is 0.340 e. The molecule has 0 bridgehead atoms. The number of nitrogens with one attached hydrogen (secondary N) is 1. The zero-order valence-corrected chi connectivity index (χ0v) is 16.7. The van der Waals surface area contributed by atoms with Crippen LogP contribution in [0.25, 0.3) is 32.4 Å². The second kappa shape index (κ2) is 6.81. The average molecular weight is 413 g/mol. The number of benzene rings is 1. The summed E-state index contributed by atoms with van der Waals surface area (Å²) >= 11 is 1.75. The summed E-state index contributed by atoms with van der Waals surface area (Å²) in [6, 6.07) is 13.2. The highest BCUT2D eigenvalue weighted by Gasteiger charge is 2.27.